The number of nitrogens with zero attached hydrogens (tertiary/aromatic N) is 1. The van der Waals surface area contributed by atoms with E-state index in [0.717, 1.165) is 22.4 Å². The fourth-order valence-corrected chi connectivity index (χ4v) is 2.58. The van der Waals surface area contributed by atoms with Gasteiger partial charge in [0.25, 0.3) is 0 Å². The lowest BCUT2D eigenvalue weighted by molar-refractivity contribution is -0.124. The van der Waals surface area contributed by atoms with Crippen LogP contribution in [0.15, 0.2) is 47.6 Å². The maximum absolute atomic E-state index is 12.1. The van der Waals surface area contributed by atoms with Crippen LogP contribution in [0.25, 0.3) is 0 Å². The van der Waals surface area contributed by atoms with Gasteiger partial charge in [0, 0.05) is 18.5 Å². The average molecular weight is 367 g/mol. The average Bonchev–Trinajstić information content (AvgIpc) is 2.64. The van der Waals surface area contributed by atoms with Gasteiger partial charge in [-0.15, -0.1) is 0 Å². The van der Waals surface area contributed by atoms with E-state index in [1.165, 1.54) is 0 Å². The largest absolute Gasteiger partial charge is 0.508 e. The summed E-state index contributed by atoms with van der Waals surface area (Å²) in [7, 11) is 0. The van der Waals surface area contributed by atoms with Gasteiger partial charge in [0.1, 0.15) is 5.75 Å². The molecule has 0 aromatic heterocycles. The van der Waals surface area contributed by atoms with Gasteiger partial charge in [-0.3, -0.25) is 9.59 Å². The number of aromatic hydroxyl groups is 1. The highest BCUT2D eigenvalue weighted by Gasteiger charge is 2.09. The summed E-state index contributed by atoms with van der Waals surface area (Å²) in [5.41, 5.74) is 6.88. The maximum atomic E-state index is 12.1. The third-order valence-corrected chi connectivity index (χ3v) is 4.09. The monoisotopic (exact) mass is 367 g/mol. The number of phenols is 1. The first-order chi connectivity index (χ1) is 12.9. The van der Waals surface area contributed by atoms with Gasteiger partial charge in [-0.25, -0.2) is 5.43 Å². The van der Waals surface area contributed by atoms with E-state index < -0.39 is 0 Å². The van der Waals surface area contributed by atoms with Crippen molar-refractivity contribution in [2.24, 2.45) is 5.10 Å². The molecule has 6 nitrogen and oxygen atoms in total. The molecule has 2 aromatic carbocycles. The van der Waals surface area contributed by atoms with Crippen molar-refractivity contribution in [3.8, 4) is 5.75 Å². The Hall–Kier alpha value is -3.15. The lowest BCUT2D eigenvalue weighted by Crippen LogP contribution is -2.22. The molecule has 0 fully saturated rings. The fraction of sp³-hybridized carbons (Fsp3) is 0.286. The molecule has 0 atom stereocenters. The molecule has 2 rings (SSSR count). The first-order valence-electron chi connectivity index (χ1n) is 8.91. The highest BCUT2D eigenvalue weighted by atomic mass is 16.3. The Labute approximate surface area is 159 Å². The molecular formula is C21H25N3O3. The number of anilines is 1. The quantitative estimate of drug-likeness (QED) is 0.515. The smallest absolute Gasteiger partial charge is 0.240 e. The van der Waals surface area contributed by atoms with E-state index in [1.54, 1.807) is 24.3 Å². The molecular weight excluding hydrogens is 342 g/mol. The molecule has 0 aliphatic rings. The minimum absolute atomic E-state index is 0.0484. The Morgan fingerprint density at radius 1 is 1.00 bits per heavy atom. The molecule has 2 amide bonds. The lowest BCUT2D eigenvalue weighted by Gasteiger charge is -2.09. The minimum atomic E-state index is -0.324. The predicted molar refractivity (Wildman–Crippen MR) is 107 cm³/mol. The number of nitrogens with one attached hydrogen (secondary N) is 2. The summed E-state index contributed by atoms with van der Waals surface area (Å²) in [6, 6.07) is 12.4. The summed E-state index contributed by atoms with van der Waals surface area (Å²) in [6.45, 7) is 5.85. The van der Waals surface area contributed by atoms with Gasteiger partial charge >= 0.3 is 0 Å². The molecule has 0 heterocycles. The van der Waals surface area contributed by atoms with E-state index in [1.807, 2.05) is 39.0 Å². The van der Waals surface area contributed by atoms with E-state index in [9.17, 15) is 14.7 Å². The number of amides is 2. The number of carbonyl (C=O) groups is 2. The van der Waals surface area contributed by atoms with Crippen LogP contribution >= 0.6 is 0 Å². The van der Waals surface area contributed by atoms with Gasteiger partial charge in [0.05, 0.1) is 5.71 Å². The van der Waals surface area contributed by atoms with Crippen LogP contribution in [0, 0.1) is 13.8 Å². The Balaban J connectivity index is 1.85. The third kappa shape index (κ3) is 6.26. The molecule has 0 saturated carbocycles. The number of hydrogen-bond donors (Lipinski definition) is 3. The van der Waals surface area contributed by atoms with Crippen LogP contribution in [0.5, 0.6) is 5.75 Å². The Bertz CT molecular complexity index is 842. The van der Waals surface area contributed by atoms with Gasteiger partial charge in [-0.05, 0) is 61.7 Å². The minimum Gasteiger partial charge on any atom is -0.508 e. The molecule has 0 saturated heterocycles. The summed E-state index contributed by atoms with van der Waals surface area (Å²) < 4.78 is 0. The number of aryl methyl sites for hydroxylation is 2. The molecule has 6 heteroatoms. The molecule has 0 aliphatic carbocycles. The molecule has 0 bridgehead atoms. The summed E-state index contributed by atoms with van der Waals surface area (Å²) in [4.78, 5) is 24.0. The predicted octanol–water partition coefficient (Wildman–Crippen LogP) is 3.66. The summed E-state index contributed by atoms with van der Waals surface area (Å²) in [5.74, 6) is -0.362. The summed E-state index contributed by atoms with van der Waals surface area (Å²) >= 11 is 0. The second kappa shape index (κ2) is 9.52. The maximum Gasteiger partial charge on any atom is 0.240 e. The van der Waals surface area contributed by atoms with Gasteiger partial charge in [-0.1, -0.05) is 24.6 Å². The topological polar surface area (TPSA) is 90.8 Å². The highest BCUT2D eigenvalue weighted by Crippen LogP contribution is 2.16. The molecule has 0 radical (unpaired) electrons. The number of rotatable bonds is 7. The first kappa shape index (κ1) is 20.2. The third-order valence-electron chi connectivity index (χ3n) is 4.09. The van der Waals surface area contributed by atoms with Crippen LogP contribution in [-0.2, 0) is 9.59 Å². The molecule has 0 aliphatic heterocycles. The van der Waals surface area contributed by atoms with Crippen LogP contribution in [0.2, 0.25) is 0 Å². The van der Waals surface area contributed by atoms with Gasteiger partial charge in [0.2, 0.25) is 11.8 Å². The van der Waals surface area contributed by atoms with Crippen molar-refractivity contribution in [2.75, 3.05) is 5.32 Å². The zero-order chi connectivity index (χ0) is 19.8. The number of carbonyl (C=O) groups excluding carboxylic acids is 2. The van der Waals surface area contributed by atoms with E-state index in [2.05, 4.69) is 15.8 Å². The second-order valence-electron chi connectivity index (χ2n) is 6.36. The Morgan fingerprint density at radius 2 is 1.67 bits per heavy atom. The normalized spacial score (nSPS) is 11.1. The summed E-state index contributed by atoms with van der Waals surface area (Å²) in [5, 5.41) is 16.3. The van der Waals surface area contributed by atoms with Crippen LogP contribution in [-0.4, -0.2) is 22.6 Å². The van der Waals surface area contributed by atoms with Crippen molar-refractivity contribution in [3.63, 3.8) is 0 Å². The molecule has 2 aromatic rings. The Kier molecular flexibility index (Phi) is 7.11. The highest BCUT2D eigenvalue weighted by molar-refractivity contribution is 6.01. The van der Waals surface area contributed by atoms with Crippen molar-refractivity contribution in [1.82, 2.24) is 5.43 Å². The number of hydrogen-bond acceptors (Lipinski definition) is 4. The van der Waals surface area contributed by atoms with Gasteiger partial charge < -0.3 is 10.4 Å². The Morgan fingerprint density at radius 3 is 2.30 bits per heavy atom. The number of benzene rings is 2. The lowest BCUT2D eigenvalue weighted by atomic mass is 10.1. The zero-order valence-electron chi connectivity index (χ0n) is 15.9. The molecule has 27 heavy (non-hydrogen) atoms. The van der Waals surface area contributed by atoms with Crippen molar-refractivity contribution in [2.45, 2.75) is 40.0 Å². The first-order valence-corrected chi connectivity index (χ1v) is 8.91. The van der Waals surface area contributed by atoms with Crippen LogP contribution in [0.4, 0.5) is 5.69 Å². The van der Waals surface area contributed by atoms with Crippen LogP contribution in [0.3, 0.4) is 0 Å². The van der Waals surface area contributed by atoms with Crippen molar-refractivity contribution in [3.05, 3.63) is 59.2 Å². The van der Waals surface area contributed by atoms with Gasteiger partial charge in [-0.2, -0.15) is 5.10 Å². The van der Waals surface area contributed by atoms with Crippen molar-refractivity contribution in [1.29, 1.82) is 0 Å². The molecule has 0 spiro atoms. The van der Waals surface area contributed by atoms with E-state index >= 15 is 0 Å². The van der Waals surface area contributed by atoms with Crippen LogP contribution in [0.1, 0.15) is 42.9 Å². The van der Waals surface area contributed by atoms with Gasteiger partial charge in [0.15, 0.2) is 0 Å². The molecule has 3 N–H and O–H groups in total. The van der Waals surface area contributed by atoms with E-state index in [4.69, 9.17) is 0 Å². The zero-order valence-corrected chi connectivity index (χ0v) is 15.9. The molecule has 142 valence electrons. The summed E-state index contributed by atoms with van der Waals surface area (Å²) in [6.07, 6.45) is 0.750. The van der Waals surface area contributed by atoms with Crippen LogP contribution < -0.4 is 10.7 Å². The number of phenolic OH excluding ortho intramolecular Hbond substituents is 1. The van der Waals surface area contributed by atoms with Crippen molar-refractivity contribution < 1.29 is 14.7 Å². The van der Waals surface area contributed by atoms with Crippen molar-refractivity contribution >= 4 is 23.2 Å². The standard InChI is InChI=1S/C21H25N3O3/c1-4-18(16-6-8-17(25)9-7-16)23-24-21(27)12-11-20(26)22-19-10-5-14(2)13-15(19)3/h5-10,13,25H,4,11-12H2,1-3H3,(H,22,26)(H,24,27)/b23-18-. The number of hydrazone groups is 1. The fourth-order valence-electron chi connectivity index (χ4n) is 2.58. The molecule has 0 unspecified atom stereocenters. The van der Waals surface area contributed by atoms with E-state index in [0.29, 0.717) is 12.1 Å². The SMILES string of the molecule is CC/C(=N/NC(=O)CCC(=O)Nc1ccc(C)cc1C)c1ccc(O)cc1. The second-order valence-corrected chi connectivity index (χ2v) is 6.36. The van der Waals surface area contributed by atoms with E-state index in [-0.39, 0.29) is 30.4 Å².